The topological polar surface area (TPSA) is 46.9 Å². The minimum Gasteiger partial charge on any atom is -0.350 e. The van der Waals surface area contributed by atoms with E-state index in [9.17, 15) is 4.79 Å². The molecule has 1 N–H and O–H groups in total. The van der Waals surface area contributed by atoms with Gasteiger partial charge in [-0.15, -0.1) is 0 Å². The fourth-order valence-electron chi connectivity index (χ4n) is 2.20. The smallest absolute Gasteiger partial charge is 0.220 e. The summed E-state index contributed by atoms with van der Waals surface area (Å²) in [5, 5.41) is 3.05. The summed E-state index contributed by atoms with van der Waals surface area (Å²) >= 11 is 0. The van der Waals surface area contributed by atoms with E-state index < -0.39 is 0 Å². The number of amides is 1. The number of nitrogens with zero attached hydrogens (tertiary/aromatic N) is 2. The molecule has 1 aromatic heterocycles. The summed E-state index contributed by atoms with van der Waals surface area (Å²) in [6, 6.07) is 8.15. The Morgan fingerprint density at radius 3 is 2.48 bits per heavy atom. The van der Waals surface area contributed by atoms with Gasteiger partial charge in [0.25, 0.3) is 0 Å². The minimum absolute atomic E-state index is 0.00901. The molecule has 0 fully saturated rings. The number of rotatable bonds is 4. The number of hydrogen-bond acceptors (Lipinski definition) is 2. The van der Waals surface area contributed by atoms with Crippen molar-refractivity contribution in [1.29, 1.82) is 0 Å². The molecule has 0 saturated carbocycles. The maximum Gasteiger partial charge on any atom is 0.220 e. The molecule has 4 heteroatoms. The molecule has 112 valence electrons. The molecule has 0 aliphatic heterocycles. The highest BCUT2D eigenvalue weighted by Gasteiger charge is 2.17. The summed E-state index contributed by atoms with van der Waals surface area (Å²) < 4.78 is 1.95. The number of hydrogen-bond donors (Lipinski definition) is 1. The van der Waals surface area contributed by atoms with Gasteiger partial charge in [0.05, 0.1) is 12.4 Å². The Morgan fingerprint density at radius 1 is 1.29 bits per heavy atom. The maximum absolute atomic E-state index is 12.0. The van der Waals surface area contributed by atoms with E-state index in [0.29, 0.717) is 6.42 Å². The summed E-state index contributed by atoms with van der Waals surface area (Å²) in [5.41, 5.74) is 2.17. The molecular weight excluding hydrogens is 262 g/mol. The molecule has 21 heavy (non-hydrogen) atoms. The predicted octanol–water partition coefficient (Wildman–Crippen LogP) is 3.49. The second kappa shape index (κ2) is 6.12. The Bertz CT molecular complexity index is 579. The molecule has 2 rings (SSSR count). The molecule has 2 aromatic rings. The van der Waals surface area contributed by atoms with Crippen molar-refractivity contribution in [3.05, 3.63) is 48.5 Å². The van der Waals surface area contributed by atoms with Crippen molar-refractivity contribution in [2.45, 2.75) is 40.2 Å². The zero-order valence-electron chi connectivity index (χ0n) is 13.1. The van der Waals surface area contributed by atoms with E-state index in [1.807, 2.05) is 42.0 Å². The minimum atomic E-state index is 0.00901. The summed E-state index contributed by atoms with van der Waals surface area (Å²) in [6.45, 7) is 8.21. The molecule has 0 aliphatic carbocycles. The van der Waals surface area contributed by atoms with E-state index >= 15 is 0 Å². The van der Waals surface area contributed by atoms with Gasteiger partial charge in [-0.1, -0.05) is 32.9 Å². The van der Waals surface area contributed by atoms with Crippen molar-refractivity contribution in [2.75, 3.05) is 0 Å². The molecule has 0 spiro atoms. The number of carbonyl (C=O) groups excluding carboxylic acids is 1. The number of imidazole rings is 1. The van der Waals surface area contributed by atoms with E-state index in [4.69, 9.17) is 0 Å². The first kappa shape index (κ1) is 15.3. The van der Waals surface area contributed by atoms with Crippen molar-refractivity contribution in [1.82, 2.24) is 14.9 Å². The zero-order chi connectivity index (χ0) is 15.5. The van der Waals surface area contributed by atoms with Gasteiger partial charge in [0.15, 0.2) is 0 Å². The first-order chi connectivity index (χ1) is 9.85. The van der Waals surface area contributed by atoms with Crippen LogP contribution in [0.5, 0.6) is 0 Å². The second-order valence-electron chi connectivity index (χ2n) is 6.59. The third-order valence-corrected chi connectivity index (χ3v) is 3.26. The van der Waals surface area contributed by atoms with Crippen molar-refractivity contribution < 1.29 is 4.79 Å². The lowest BCUT2D eigenvalue weighted by atomic mass is 9.91. The highest BCUT2D eigenvalue weighted by Crippen LogP contribution is 2.20. The third-order valence-electron chi connectivity index (χ3n) is 3.26. The van der Waals surface area contributed by atoms with Gasteiger partial charge in [-0.25, -0.2) is 4.98 Å². The van der Waals surface area contributed by atoms with Crippen molar-refractivity contribution in [2.24, 2.45) is 5.41 Å². The fraction of sp³-hybridized carbons (Fsp3) is 0.412. The monoisotopic (exact) mass is 285 g/mol. The van der Waals surface area contributed by atoms with E-state index in [1.165, 1.54) is 0 Å². The standard InChI is InChI=1S/C17H23N3O/c1-13(19-16(21)11-17(2,3)4)14-5-7-15(8-6-14)20-10-9-18-12-20/h5-10,12-13H,11H2,1-4H3,(H,19,21). The number of aromatic nitrogens is 2. The lowest BCUT2D eigenvalue weighted by Crippen LogP contribution is -2.29. The van der Waals surface area contributed by atoms with E-state index in [2.05, 4.69) is 31.1 Å². The lowest BCUT2D eigenvalue weighted by Gasteiger charge is -2.20. The van der Waals surface area contributed by atoms with Crippen LogP contribution in [0, 0.1) is 5.41 Å². The molecule has 1 amide bonds. The summed E-state index contributed by atoms with van der Waals surface area (Å²) in [6.07, 6.45) is 5.96. The molecule has 0 aliphatic rings. The van der Waals surface area contributed by atoms with Crippen LogP contribution >= 0.6 is 0 Å². The first-order valence-electron chi connectivity index (χ1n) is 7.23. The largest absolute Gasteiger partial charge is 0.350 e. The Balaban J connectivity index is 2.00. The molecular formula is C17H23N3O. The Morgan fingerprint density at radius 2 is 1.95 bits per heavy atom. The molecule has 0 saturated heterocycles. The third kappa shape index (κ3) is 4.45. The van der Waals surface area contributed by atoms with Gasteiger partial charge in [0.1, 0.15) is 0 Å². The lowest BCUT2D eigenvalue weighted by molar-refractivity contribution is -0.123. The van der Waals surface area contributed by atoms with Crippen LogP contribution in [-0.2, 0) is 4.79 Å². The highest BCUT2D eigenvalue weighted by atomic mass is 16.1. The summed E-state index contributed by atoms with van der Waals surface area (Å²) in [4.78, 5) is 16.0. The van der Waals surface area contributed by atoms with Gasteiger partial charge in [-0.2, -0.15) is 0 Å². The van der Waals surface area contributed by atoms with Crippen molar-refractivity contribution in [3.8, 4) is 5.69 Å². The highest BCUT2D eigenvalue weighted by molar-refractivity contribution is 5.77. The number of nitrogens with one attached hydrogen (secondary N) is 1. The normalized spacial score (nSPS) is 13.0. The van der Waals surface area contributed by atoms with Crippen LogP contribution in [0.2, 0.25) is 0 Å². The van der Waals surface area contributed by atoms with Crippen molar-refractivity contribution >= 4 is 5.91 Å². The first-order valence-corrected chi connectivity index (χ1v) is 7.23. The molecule has 4 nitrogen and oxygen atoms in total. The quantitative estimate of drug-likeness (QED) is 0.934. The molecule has 1 atom stereocenters. The summed E-state index contributed by atoms with van der Waals surface area (Å²) in [7, 11) is 0. The Kier molecular flexibility index (Phi) is 4.46. The number of carbonyl (C=O) groups is 1. The van der Waals surface area contributed by atoms with Crippen LogP contribution in [0.15, 0.2) is 43.0 Å². The van der Waals surface area contributed by atoms with Crippen LogP contribution in [0.1, 0.15) is 45.7 Å². The van der Waals surface area contributed by atoms with Crippen LogP contribution in [0.3, 0.4) is 0 Å². The van der Waals surface area contributed by atoms with Crippen LogP contribution in [-0.4, -0.2) is 15.5 Å². The zero-order valence-corrected chi connectivity index (χ0v) is 13.1. The molecule has 0 radical (unpaired) electrons. The fourth-order valence-corrected chi connectivity index (χ4v) is 2.20. The van der Waals surface area contributed by atoms with Gasteiger partial charge in [0, 0.05) is 24.5 Å². The SMILES string of the molecule is CC(NC(=O)CC(C)(C)C)c1ccc(-n2ccnc2)cc1. The summed E-state index contributed by atoms with van der Waals surface area (Å²) in [5.74, 6) is 0.0914. The molecule has 1 aromatic carbocycles. The van der Waals surface area contributed by atoms with Gasteiger partial charge in [0.2, 0.25) is 5.91 Å². The predicted molar refractivity (Wildman–Crippen MR) is 84.2 cm³/mol. The molecule has 1 heterocycles. The van der Waals surface area contributed by atoms with Crippen LogP contribution < -0.4 is 5.32 Å². The van der Waals surface area contributed by atoms with E-state index in [1.54, 1.807) is 12.5 Å². The van der Waals surface area contributed by atoms with Gasteiger partial charge < -0.3 is 9.88 Å². The van der Waals surface area contributed by atoms with Gasteiger partial charge >= 0.3 is 0 Å². The Hall–Kier alpha value is -2.10. The average molecular weight is 285 g/mol. The average Bonchev–Trinajstić information content (AvgIpc) is 2.90. The molecule has 1 unspecified atom stereocenters. The molecule has 0 bridgehead atoms. The second-order valence-corrected chi connectivity index (χ2v) is 6.59. The maximum atomic E-state index is 12.0. The van der Waals surface area contributed by atoms with Crippen LogP contribution in [0.4, 0.5) is 0 Å². The van der Waals surface area contributed by atoms with E-state index in [0.717, 1.165) is 11.3 Å². The van der Waals surface area contributed by atoms with Gasteiger partial charge in [-0.3, -0.25) is 4.79 Å². The Labute approximate surface area is 126 Å². The van der Waals surface area contributed by atoms with Crippen LogP contribution in [0.25, 0.3) is 5.69 Å². The van der Waals surface area contributed by atoms with Crippen molar-refractivity contribution in [3.63, 3.8) is 0 Å². The number of benzene rings is 1. The van der Waals surface area contributed by atoms with E-state index in [-0.39, 0.29) is 17.4 Å². The van der Waals surface area contributed by atoms with Gasteiger partial charge in [-0.05, 0) is 30.0 Å².